The Morgan fingerprint density at radius 2 is 1.76 bits per heavy atom. The average Bonchev–Trinajstić information content (AvgIpc) is 2.35. The maximum atomic E-state index is 13.4. The van der Waals surface area contributed by atoms with Gasteiger partial charge < -0.3 is 8.92 Å². The van der Waals surface area contributed by atoms with Gasteiger partial charge in [-0.15, -0.1) is 0 Å². The molecule has 1 fully saturated rings. The van der Waals surface area contributed by atoms with E-state index in [0.29, 0.717) is 11.9 Å². The zero-order valence-electron chi connectivity index (χ0n) is 9.27. The quantitative estimate of drug-likeness (QED) is 0.575. The first-order valence-electron chi connectivity index (χ1n) is 5.65. The van der Waals surface area contributed by atoms with Gasteiger partial charge in [0.05, 0.1) is 21.4 Å². The number of ether oxygens (including phenoxy) is 1. The monoisotopic (exact) mass is 368 g/mol. The third kappa shape index (κ3) is 3.99. The number of halogens is 2. The fourth-order valence-corrected chi connectivity index (χ4v) is 3.19. The van der Waals surface area contributed by atoms with E-state index < -0.39 is 0 Å². The zero-order valence-corrected chi connectivity index (χ0v) is 12.2. The Bertz CT molecular complexity index is 356. The van der Waals surface area contributed by atoms with E-state index in [4.69, 9.17) is 8.92 Å². The van der Waals surface area contributed by atoms with Gasteiger partial charge in [0.2, 0.25) is 0 Å². The maximum Gasteiger partial charge on any atom is 0.165 e. The van der Waals surface area contributed by atoms with Crippen LogP contribution >= 0.6 is 30.4 Å². The van der Waals surface area contributed by atoms with Crippen molar-refractivity contribution in [1.82, 2.24) is 0 Å². The second-order valence-corrected chi connectivity index (χ2v) is 5.50. The van der Waals surface area contributed by atoms with Crippen LogP contribution in [0.25, 0.3) is 0 Å². The first-order chi connectivity index (χ1) is 8.29. The van der Waals surface area contributed by atoms with E-state index in [1.807, 2.05) is 0 Å². The van der Waals surface area contributed by atoms with Gasteiger partial charge >= 0.3 is 0 Å². The van der Waals surface area contributed by atoms with Crippen molar-refractivity contribution in [3.8, 4) is 5.75 Å². The lowest BCUT2D eigenvalue weighted by Gasteiger charge is -2.27. The van der Waals surface area contributed by atoms with Gasteiger partial charge in [0.15, 0.2) is 11.6 Å². The molecule has 1 saturated carbocycles. The van der Waals surface area contributed by atoms with E-state index in [-0.39, 0.29) is 11.9 Å². The summed E-state index contributed by atoms with van der Waals surface area (Å²) >= 11 is 2.13. The van der Waals surface area contributed by atoms with Crippen molar-refractivity contribution in [1.29, 1.82) is 0 Å². The Kier molecular flexibility index (Phi) is 5.37. The Balaban J connectivity index is 1.84. The van der Waals surface area contributed by atoms with Crippen LogP contribution in [0.1, 0.15) is 25.7 Å². The molecule has 0 heterocycles. The molecular weight excluding hydrogens is 354 g/mol. The fraction of sp³-hybridized carbons (Fsp3) is 0.500. The van der Waals surface area contributed by atoms with Gasteiger partial charge in [-0.05, 0) is 37.8 Å². The third-order valence-corrected chi connectivity index (χ3v) is 3.89. The predicted octanol–water partition coefficient (Wildman–Crippen LogP) is 4.53. The van der Waals surface area contributed by atoms with Crippen LogP contribution in [0.4, 0.5) is 4.39 Å². The normalized spacial score (nSPS) is 24.6. The minimum absolute atomic E-state index is 0.117. The molecule has 0 bridgehead atoms. The van der Waals surface area contributed by atoms with E-state index >= 15 is 0 Å². The van der Waals surface area contributed by atoms with E-state index in [0.717, 1.165) is 25.7 Å². The van der Waals surface area contributed by atoms with Crippen LogP contribution in [-0.2, 0) is 4.18 Å². The molecule has 94 valence electrons. The molecule has 0 aromatic heterocycles. The molecule has 1 aliphatic rings. The fourth-order valence-electron chi connectivity index (χ4n) is 2.02. The van der Waals surface area contributed by atoms with Gasteiger partial charge in [0, 0.05) is 21.2 Å². The van der Waals surface area contributed by atoms with Crippen molar-refractivity contribution in [2.75, 3.05) is 0 Å². The maximum absolute atomic E-state index is 13.4. The van der Waals surface area contributed by atoms with E-state index in [1.165, 1.54) is 15.3 Å². The van der Waals surface area contributed by atoms with Crippen molar-refractivity contribution in [2.45, 2.75) is 37.9 Å². The molecule has 0 N–H and O–H groups in total. The highest BCUT2D eigenvalue weighted by molar-refractivity contribution is 14.2. The highest BCUT2D eigenvalue weighted by Gasteiger charge is 2.23. The highest BCUT2D eigenvalue weighted by atomic mass is 127. The average molecular weight is 368 g/mol. The molecule has 1 aromatic carbocycles. The van der Waals surface area contributed by atoms with Gasteiger partial charge in [0.1, 0.15) is 0 Å². The van der Waals surface area contributed by atoms with Crippen LogP contribution in [-0.4, -0.2) is 12.2 Å². The Hall–Kier alpha value is -0.0100. The van der Waals surface area contributed by atoms with Crippen LogP contribution in [0.15, 0.2) is 24.3 Å². The summed E-state index contributed by atoms with van der Waals surface area (Å²) in [6.07, 6.45) is 4.25. The molecular formula is C12H14FIO2S. The molecule has 17 heavy (non-hydrogen) atoms. The van der Waals surface area contributed by atoms with E-state index in [2.05, 4.69) is 21.2 Å². The molecule has 2 nitrogen and oxygen atoms in total. The van der Waals surface area contributed by atoms with Crippen molar-refractivity contribution in [3.05, 3.63) is 30.1 Å². The molecule has 0 spiro atoms. The van der Waals surface area contributed by atoms with Crippen LogP contribution in [0.3, 0.4) is 0 Å². The number of hydrogen-bond acceptors (Lipinski definition) is 3. The summed E-state index contributed by atoms with van der Waals surface area (Å²) in [5.41, 5.74) is 0. The first-order valence-corrected chi connectivity index (χ1v) is 8.93. The van der Waals surface area contributed by atoms with Gasteiger partial charge in [0.25, 0.3) is 0 Å². The SMILES string of the molecule is Fc1ccccc1O[C@H]1CC[C@@H](OSI)CC1. The number of benzene rings is 1. The molecule has 0 aliphatic heterocycles. The van der Waals surface area contributed by atoms with Crippen molar-refractivity contribution in [3.63, 3.8) is 0 Å². The summed E-state index contributed by atoms with van der Waals surface area (Å²) in [4.78, 5) is 0. The van der Waals surface area contributed by atoms with Crippen LogP contribution in [0.5, 0.6) is 5.75 Å². The van der Waals surface area contributed by atoms with Crippen molar-refractivity contribution in [2.24, 2.45) is 0 Å². The lowest BCUT2D eigenvalue weighted by Crippen LogP contribution is -2.27. The summed E-state index contributed by atoms with van der Waals surface area (Å²) in [6, 6.07) is 6.57. The molecule has 0 radical (unpaired) electrons. The minimum Gasteiger partial charge on any atom is -0.487 e. The predicted molar refractivity (Wildman–Crippen MR) is 75.8 cm³/mol. The third-order valence-electron chi connectivity index (χ3n) is 2.92. The highest BCUT2D eigenvalue weighted by Crippen LogP contribution is 2.29. The van der Waals surface area contributed by atoms with Gasteiger partial charge in [-0.25, -0.2) is 4.39 Å². The number of hydrogen-bond donors (Lipinski definition) is 0. The van der Waals surface area contributed by atoms with Crippen molar-refractivity contribution >= 4 is 30.4 Å². The molecule has 0 atom stereocenters. The van der Waals surface area contributed by atoms with Crippen LogP contribution in [0.2, 0.25) is 0 Å². The van der Waals surface area contributed by atoms with Gasteiger partial charge in [-0.2, -0.15) is 0 Å². The summed E-state index contributed by atoms with van der Waals surface area (Å²) in [5.74, 6) is 0.0776. The van der Waals surface area contributed by atoms with Crippen LogP contribution < -0.4 is 4.74 Å². The molecule has 0 unspecified atom stereocenters. The number of rotatable bonds is 4. The molecule has 2 rings (SSSR count). The van der Waals surface area contributed by atoms with Gasteiger partial charge in [-0.1, -0.05) is 12.1 Å². The molecule has 0 saturated heterocycles. The second-order valence-electron chi connectivity index (χ2n) is 4.11. The Labute approximate surface area is 117 Å². The lowest BCUT2D eigenvalue weighted by molar-refractivity contribution is 0.0906. The van der Waals surface area contributed by atoms with Crippen LogP contribution in [0, 0.1) is 5.82 Å². The lowest BCUT2D eigenvalue weighted by atomic mass is 9.95. The van der Waals surface area contributed by atoms with E-state index in [9.17, 15) is 4.39 Å². The minimum atomic E-state index is -0.284. The smallest absolute Gasteiger partial charge is 0.165 e. The largest absolute Gasteiger partial charge is 0.487 e. The Morgan fingerprint density at radius 3 is 2.41 bits per heavy atom. The second kappa shape index (κ2) is 6.80. The molecule has 0 amide bonds. The topological polar surface area (TPSA) is 18.5 Å². The zero-order chi connectivity index (χ0) is 12.1. The summed E-state index contributed by atoms with van der Waals surface area (Å²) in [5, 5.41) is 0. The standard InChI is InChI=1S/C12H14FIO2S/c13-11-3-1-2-4-12(11)15-9-5-7-10(8-6-9)16-17-14/h1-4,9-10H,5-8H2/t9-,10+. The summed E-state index contributed by atoms with van der Waals surface area (Å²) in [7, 11) is 1.38. The summed E-state index contributed by atoms with van der Waals surface area (Å²) < 4.78 is 24.5. The summed E-state index contributed by atoms with van der Waals surface area (Å²) in [6.45, 7) is 0. The molecule has 5 heteroatoms. The first kappa shape index (κ1) is 13.4. The van der Waals surface area contributed by atoms with Crippen molar-refractivity contribution < 1.29 is 13.3 Å². The number of para-hydroxylation sites is 1. The Morgan fingerprint density at radius 1 is 1.12 bits per heavy atom. The molecule has 1 aromatic rings. The van der Waals surface area contributed by atoms with Gasteiger partial charge in [-0.3, -0.25) is 0 Å². The van der Waals surface area contributed by atoms with E-state index in [1.54, 1.807) is 18.2 Å². The molecule has 1 aliphatic carbocycles.